The molecule has 8 nitrogen and oxygen atoms in total. The first-order valence-corrected chi connectivity index (χ1v) is 15.1. The van der Waals surface area contributed by atoms with Gasteiger partial charge in [0, 0.05) is 30.8 Å². The molecular formula is C34H30N2O6S. The number of carbonyl (C=O) groups excluding carboxylic acids is 4. The van der Waals surface area contributed by atoms with E-state index in [9.17, 15) is 14.4 Å². The van der Waals surface area contributed by atoms with E-state index in [1.807, 2.05) is 54.6 Å². The molecular weight excluding hydrogens is 564 g/mol. The molecule has 2 atom stereocenters. The maximum Gasteiger partial charge on any atom is 0.311 e. The first-order valence-electron chi connectivity index (χ1n) is 14.3. The number of rotatable bonds is 4. The second-order valence-electron chi connectivity index (χ2n) is 11.3. The highest BCUT2D eigenvalue weighted by atomic mass is 32.2. The predicted molar refractivity (Wildman–Crippen MR) is 162 cm³/mol. The number of methoxy groups -OCH3 is 1. The monoisotopic (exact) mass is 594 g/mol. The predicted octanol–water partition coefficient (Wildman–Crippen LogP) is 3.96. The van der Waals surface area contributed by atoms with Crippen LogP contribution < -0.4 is 0 Å². The van der Waals surface area contributed by atoms with Crippen molar-refractivity contribution in [2.45, 2.75) is 10.3 Å². The smallest absolute Gasteiger partial charge is 0.311 e. The van der Waals surface area contributed by atoms with Gasteiger partial charge in [-0.25, -0.2) is 0 Å². The number of allylic oxidation sites excluding steroid dienone is 1. The molecule has 2 spiro atoms. The number of esters is 1. The zero-order chi connectivity index (χ0) is 29.9. The molecule has 0 N–H and O–H groups in total. The maximum atomic E-state index is 15.2. The van der Waals surface area contributed by atoms with E-state index in [1.54, 1.807) is 36.2 Å². The van der Waals surface area contributed by atoms with E-state index >= 15 is 4.79 Å². The maximum absolute atomic E-state index is 15.2. The van der Waals surface area contributed by atoms with Gasteiger partial charge >= 0.3 is 5.97 Å². The van der Waals surface area contributed by atoms with E-state index < -0.39 is 39.5 Å². The van der Waals surface area contributed by atoms with Gasteiger partial charge in [-0.2, -0.15) is 0 Å². The molecule has 2 fully saturated rings. The quantitative estimate of drug-likeness (QED) is 0.329. The number of fused-ring (bicyclic) bond motifs is 2. The standard InChI is InChI=1S/C34H30N2O6S/c1-35-20-26(32(40)41-2)34(33(35)28(37)24-10-6-7-11-25(24)29(33)38)30(39)27(31(43-34)36-16-18-42-19-17-36)23-14-12-22(13-15-23)21-8-4-3-5-9-21/h3-15,26H,16-20H2,1-2H3/t26-,34-/m0/s1. The second kappa shape index (κ2) is 10.3. The molecule has 3 heterocycles. The Kier molecular flexibility index (Phi) is 6.65. The average Bonchev–Trinajstić information content (AvgIpc) is 3.60. The Hall–Kier alpha value is -4.05. The van der Waals surface area contributed by atoms with Crippen LogP contribution in [-0.2, 0) is 19.1 Å². The molecule has 0 aromatic heterocycles. The van der Waals surface area contributed by atoms with Crippen LogP contribution in [0, 0.1) is 5.92 Å². The number of morpholine rings is 1. The fourth-order valence-electron chi connectivity index (χ4n) is 7.22. The molecule has 3 aromatic carbocycles. The lowest BCUT2D eigenvalue weighted by molar-refractivity contribution is -0.147. The number of ketones is 3. The lowest BCUT2D eigenvalue weighted by atomic mass is 9.70. The van der Waals surface area contributed by atoms with Gasteiger partial charge in [-0.3, -0.25) is 24.1 Å². The van der Waals surface area contributed by atoms with Crippen LogP contribution in [0.15, 0.2) is 83.9 Å². The molecule has 4 aliphatic rings. The normalized spacial score (nSPS) is 24.8. The number of hydrogen-bond acceptors (Lipinski definition) is 9. The molecule has 0 bridgehead atoms. The number of hydrogen-bond donors (Lipinski definition) is 0. The molecule has 0 unspecified atom stereocenters. The third-order valence-electron chi connectivity index (χ3n) is 9.23. The van der Waals surface area contributed by atoms with Gasteiger partial charge in [0.15, 0.2) is 22.9 Å². The number of Topliss-reactive ketones (excluding diaryl/α,β-unsaturated/α-hetero) is 3. The molecule has 9 heteroatoms. The van der Waals surface area contributed by atoms with Gasteiger partial charge in [0.1, 0.15) is 4.75 Å². The number of thioether (sulfide) groups is 1. The van der Waals surface area contributed by atoms with Crippen LogP contribution >= 0.6 is 11.8 Å². The zero-order valence-electron chi connectivity index (χ0n) is 23.9. The molecule has 1 aliphatic carbocycles. The summed E-state index contributed by atoms with van der Waals surface area (Å²) >= 11 is 1.18. The summed E-state index contributed by atoms with van der Waals surface area (Å²) < 4.78 is 9.11. The highest BCUT2D eigenvalue weighted by molar-refractivity contribution is 8.06. The van der Waals surface area contributed by atoms with Gasteiger partial charge in [0.25, 0.3) is 0 Å². The minimum atomic E-state index is -1.90. The Bertz CT molecular complexity index is 1660. The van der Waals surface area contributed by atoms with Crippen molar-refractivity contribution < 1.29 is 28.7 Å². The van der Waals surface area contributed by atoms with E-state index in [1.165, 1.54) is 18.9 Å². The van der Waals surface area contributed by atoms with Crippen molar-refractivity contribution in [3.63, 3.8) is 0 Å². The minimum Gasteiger partial charge on any atom is -0.469 e. The largest absolute Gasteiger partial charge is 0.469 e. The number of carbonyl (C=O) groups is 4. The number of benzene rings is 3. The van der Waals surface area contributed by atoms with Crippen LogP contribution in [0.4, 0.5) is 0 Å². The lowest BCUT2D eigenvalue weighted by Crippen LogP contribution is -2.67. The Balaban J connectivity index is 1.43. The van der Waals surface area contributed by atoms with Gasteiger partial charge in [-0.05, 0) is 23.7 Å². The van der Waals surface area contributed by atoms with Crippen LogP contribution in [0.3, 0.4) is 0 Å². The van der Waals surface area contributed by atoms with Crippen LogP contribution in [0.25, 0.3) is 16.7 Å². The van der Waals surface area contributed by atoms with Crippen molar-refractivity contribution in [3.05, 3.63) is 101 Å². The van der Waals surface area contributed by atoms with Crippen molar-refractivity contribution >= 4 is 40.7 Å². The molecule has 0 amide bonds. The topological polar surface area (TPSA) is 93.2 Å². The van der Waals surface area contributed by atoms with E-state index in [0.29, 0.717) is 42.5 Å². The summed E-state index contributed by atoms with van der Waals surface area (Å²) in [4.78, 5) is 61.5. The summed E-state index contributed by atoms with van der Waals surface area (Å²) in [6, 6.07) is 24.4. The molecule has 218 valence electrons. The molecule has 0 radical (unpaired) electrons. The first-order chi connectivity index (χ1) is 20.9. The summed E-state index contributed by atoms with van der Waals surface area (Å²) in [5, 5.41) is 0.654. The highest BCUT2D eigenvalue weighted by Crippen LogP contribution is 2.64. The fraction of sp³-hybridized carbons (Fsp3) is 0.294. The molecule has 3 aliphatic heterocycles. The van der Waals surface area contributed by atoms with Gasteiger partial charge in [-0.1, -0.05) is 90.6 Å². The molecule has 0 saturated carbocycles. The van der Waals surface area contributed by atoms with Crippen molar-refractivity contribution in [2.24, 2.45) is 5.92 Å². The SMILES string of the molecule is COC(=O)[C@@H]1CN(C)C2(C(=O)c3ccccc3C2=O)[C@]12SC(N1CCOCC1)=C(c1ccc(-c3ccccc3)cc1)C2=O. The molecule has 2 saturated heterocycles. The first kappa shape index (κ1) is 27.8. The molecule has 43 heavy (non-hydrogen) atoms. The number of likely N-dealkylation sites (N-methyl/N-ethyl adjacent to an activating group) is 1. The lowest BCUT2D eigenvalue weighted by Gasteiger charge is -2.41. The van der Waals surface area contributed by atoms with Crippen molar-refractivity contribution in [1.82, 2.24) is 9.80 Å². The summed E-state index contributed by atoms with van der Waals surface area (Å²) in [7, 11) is 2.93. The van der Waals surface area contributed by atoms with Crippen molar-refractivity contribution in [2.75, 3.05) is 47.0 Å². The Morgan fingerprint density at radius 3 is 1.98 bits per heavy atom. The van der Waals surface area contributed by atoms with Gasteiger partial charge in [0.2, 0.25) is 0 Å². The molecule has 3 aromatic rings. The number of ether oxygens (including phenoxy) is 2. The van der Waals surface area contributed by atoms with Crippen molar-refractivity contribution in [3.8, 4) is 11.1 Å². The van der Waals surface area contributed by atoms with Crippen LogP contribution in [0.2, 0.25) is 0 Å². The van der Waals surface area contributed by atoms with Crippen LogP contribution in [-0.4, -0.2) is 90.4 Å². The number of nitrogens with zero attached hydrogens (tertiary/aromatic N) is 2. The highest BCUT2D eigenvalue weighted by Gasteiger charge is 2.80. The van der Waals surface area contributed by atoms with E-state index in [4.69, 9.17) is 9.47 Å². The zero-order valence-corrected chi connectivity index (χ0v) is 24.7. The average molecular weight is 595 g/mol. The Morgan fingerprint density at radius 1 is 0.814 bits per heavy atom. The van der Waals surface area contributed by atoms with Gasteiger partial charge in [-0.15, -0.1) is 0 Å². The third-order valence-corrected chi connectivity index (χ3v) is 11.0. The summed E-state index contributed by atoms with van der Waals surface area (Å²) in [5.41, 5.74) is 1.75. The van der Waals surface area contributed by atoms with E-state index in [-0.39, 0.29) is 17.7 Å². The summed E-state index contributed by atoms with van der Waals surface area (Å²) in [6.07, 6.45) is 0. The summed E-state index contributed by atoms with van der Waals surface area (Å²) in [6.45, 7) is 2.03. The Labute approximate surface area is 253 Å². The number of likely N-dealkylation sites (tertiary alicyclic amines) is 1. The minimum absolute atomic E-state index is 0.0213. The van der Waals surface area contributed by atoms with E-state index in [2.05, 4.69) is 4.90 Å². The van der Waals surface area contributed by atoms with Crippen LogP contribution in [0.1, 0.15) is 26.3 Å². The van der Waals surface area contributed by atoms with E-state index in [0.717, 1.165) is 11.1 Å². The van der Waals surface area contributed by atoms with Crippen molar-refractivity contribution in [1.29, 1.82) is 0 Å². The fourth-order valence-corrected chi connectivity index (χ4v) is 9.14. The Morgan fingerprint density at radius 2 is 1.37 bits per heavy atom. The van der Waals surface area contributed by atoms with Gasteiger partial charge in [0.05, 0.1) is 36.8 Å². The molecule has 7 rings (SSSR count). The van der Waals surface area contributed by atoms with Gasteiger partial charge < -0.3 is 14.4 Å². The summed E-state index contributed by atoms with van der Waals surface area (Å²) in [5.74, 6) is -2.99. The van der Waals surface area contributed by atoms with Crippen LogP contribution in [0.5, 0.6) is 0 Å². The third kappa shape index (κ3) is 3.71. The second-order valence-corrected chi connectivity index (χ2v) is 12.5.